The number of phenols is 1. The Kier molecular flexibility index (Phi) is 4.06. The molecule has 0 unspecified atom stereocenters. The molecule has 0 bridgehead atoms. The molecule has 0 spiro atoms. The maximum absolute atomic E-state index is 13.8. The average molecular weight is 357 g/mol. The van der Waals surface area contributed by atoms with Crippen molar-refractivity contribution in [1.82, 2.24) is 14.6 Å². The summed E-state index contributed by atoms with van der Waals surface area (Å²) in [6.07, 6.45) is 1.61. The SMILES string of the molecule is Cc1cc(F)c(O)c(C)c1-c1cn2nc(C(C)C)nc2c(C(N)=O)c1N. The fourth-order valence-corrected chi connectivity index (χ4v) is 3.07. The molecule has 2 aromatic heterocycles. The fraction of sp³-hybridized carbons (Fsp3) is 0.278. The topological polar surface area (TPSA) is 120 Å². The molecular weight excluding hydrogens is 337 g/mol. The number of rotatable bonds is 3. The Balaban J connectivity index is 2.44. The van der Waals surface area contributed by atoms with Gasteiger partial charge in [0.05, 0.1) is 5.69 Å². The van der Waals surface area contributed by atoms with Gasteiger partial charge in [0, 0.05) is 23.2 Å². The number of carbonyl (C=O) groups is 1. The Morgan fingerprint density at radius 2 is 2.00 bits per heavy atom. The van der Waals surface area contributed by atoms with Gasteiger partial charge in [-0.15, -0.1) is 0 Å². The van der Waals surface area contributed by atoms with E-state index >= 15 is 0 Å². The largest absolute Gasteiger partial charge is 0.505 e. The summed E-state index contributed by atoms with van der Waals surface area (Å²) in [7, 11) is 0. The zero-order valence-corrected chi connectivity index (χ0v) is 15.0. The van der Waals surface area contributed by atoms with Crippen LogP contribution in [0.1, 0.15) is 47.1 Å². The molecule has 7 nitrogen and oxygen atoms in total. The Labute approximate surface area is 149 Å². The number of benzene rings is 1. The number of anilines is 1. The number of phenolic OH excluding ortho intramolecular Hbond substituents is 1. The van der Waals surface area contributed by atoms with E-state index in [0.717, 1.165) is 0 Å². The van der Waals surface area contributed by atoms with Crippen molar-refractivity contribution in [1.29, 1.82) is 0 Å². The summed E-state index contributed by atoms with van der Waals surface area (Å²) in [6, 6.07) is 1.21. The molecular formula is C18H20FN5O2. The highest BCUT2D eigenvalue weighted by atomic mass is 19.1. The number of nitrogens with two attached hydrogens (primary N) is 2. The van der Waals surface area contributed by atoms with E-state index < -0.39 is 17.5 Å². The highest BCUT2D eigenvalue weighted by Crippen LogP contribution is 2.39. The number of hydrogen-bond donors (Lipinski definition) is 3. The second kappa shape index (κ2) is 5.98. The van der Waals surface area contributed by atoms with E-state index in [0.29, 0.717) is 28.1 Å². The molecule has 0 fully saturated rings. The van der Waals surface area contributed by atoms with Gasteiger partial charge in [0.25, 0.3) is 5.91 Å². The predicted octanol–water partition coefficient (Wildman–Crippen LogP) is 2.66. The van der Waals surface area contributed by atoms with Crippen LogP contribution in [-0.2, 0) is 0 Å². The first-order chi connectivity index (χ1) is 12.1. The summed E-state index contributed by atoms with van der Waals surface area (Å²) in [5, 5.41) is 14.4. The summed E-state index contributed by atoms with van der Waals surface area (Å²) in [4.78, 5) is 16.4. The predicted molar refractivity (Wildman–Crippen MR) is 96.5 cm³/mol. The molecule has 1 aromatic carbocycles. The van der Waals surface area contributed by atoms with Crippen LogP contribution in [0.2, 0.25) is 0 Å². The van der Waals surface area contributed by atoms with Crippen LogP contribution in [0.15, 0.2) is 12.3 Å². The van der Waals surface area contributed by atoms with E-state index in [-0.39, 0.29) is 22.8 Å². The molecule has 136 valence electrons. The van der Waals surface area contributed by atoms with Crippen LogP contribution >= 0.6 is 0 Å². The van der Waals surface area contributed by atoms with Crippen LogP contribution < -0.4 is 11.5 Å². The molecule has 2 heterocycles. The quantitative estimate of drug-likeness (QED) is 0.666. The second-order valence-corrected chi connectivity index (χ2v) is 6.61. The molecule has 0 radical (unpaired) electrons. The molecule has 0 aliphatic rings. The lowest BCUT2D eigenvalue weighted by Gasteiger charge is -2.16. The molecule has 3 aromatic rings. The van der Waals surface area contributed by atoms with Gasteiger partial charge in [0.1, 0.15) is 5.56 Å². The van der Waals surface area contributed by atoms with Crippen molar-refractivity contribution in [2.75, 3.05) is 5.73 Å². The van der Waals surface area contributed by atoms with E-state index in [1.165, 1.54) is 10.6 Å². The highest BCUT2D eigenvalue weighted by Gasteiger charge is 2.23. The summed E-state index contributed by atoms with van der Waals surface area (Å²) in [6.45, 7) is 7.12. The first kappa shape index (κ1) is 17.7. The Morgan fingerprint density at radius 3 is 2.58 bits per heavy atom. The molecule has 0 saturated carbocycles. The van der Waals surface area contributed by atoms with Crippen molar-refractivity contribution in [3.05, 3.63) is 40.6 Å². The first-order valence-corrected chi connectivity index (χ1v) is 8.11. The first-order valence-electron chi connectivity index (χ1n) is 8.11. The van der Waals surface area contributed by atoms with Crippen molar-refractivity contribution in [3.8, 4) is 16.9 Å². The number of primary amides is 1. The van der Waals surface area contributed by atoms with Gasteiger partial charge in [-0.1, -0.05) is 13.8 Å². The van der Waals surface area contributed by atoms with Crippen molar-refractivity contribution in [2.45, 2.75) is 33.6 Å². The van der Waals surface area contributed by atoms with Crippen LogP contribution in [-0.4, -0.2) is 25.6 Å². The molecule has 8 heteroatoms. The maximum Gasteiger partial charge on any atom is 0.254 e. The van der Waals surface area contributed by atoms with Crippen LogP contribution in [0.4, 0.5) is 10.1 Å². The van der Waals surface area contributed by atoms with Crippen LogP contribution in [0.3, 0.4) is 0 Å². The zero-order valence-electron chi connectivity index (χ0n) is 15.0. The number of aryl methyl sites for hydroxylation is 1. The lowest BCUT2D eigenvalue weighted by molar-refractivity contribution is 0.100. The molecule has 0 aliphatic heterocycles. The minimum Gasteiger partial charge on any atom is -0.505 e. The smallest absolute Gasteiger partial charge is 0.254 e. The number of pyridine rings is 1. The Bertz CT molecular complexity index is 1060. The third-order valence-corrected chi connectivity index (χ3v) is 4.41. The summed E-state index contributed by atoms with van der Waals surface area (Å²) in [5.74, 6) is -1.34. The van der Waals surface area contributed by atoms with E-state index in [2.05, 4.69) is 10.1 Å². The number of nitrogen functional groups attached to an aromatic ring is 1. The molecule has 5 N–H and O–H groups in total. The van der Waals surface area contributed by atoms with Gasteiger partial charge in [-0.2, -0.15) is 5.10 Å². The summed E-state index contributed by atoms with van der Waals surface area (Å²) >= 11 is 0. The van der Waals surface area contributed by atoms with Gasteiger partial charge in [-0.05, 0) is 31.0 Å². The Hall–Kier alpha value is -3.16. The lowest BCUT2D eigenvalue weighted by atomic mass is 9.93. The number of amides is 1. The normalized spacial score (nSPS) is 11.5. The molecule has 0 aliphatic carbocycles. The Morgan fingerprint density at radius 1 is 1.35 bits per heavy atom. The molecule has 0 atom stereocenters. The standard InChI is InChI=1S/C18H20FN5O2/c1-7(2)17-22-18-13(16(21)26)14(20)10(6-24(18)23-17)12-8(3)5-11(19)15(25)9(12)4/h5-7,25H,20H2,1-4H3,(H2,21,26). The maximum atomic E-state index is 13.8. The number of hydrogen-bond acceptors (Lipinski definition) is 5. The van der Waals surface area contributed by atoms with Crippen LogP contribution in [0.25, 0.3) is 16.8 Å². The zero-order chi connectivity index (χ0) is 19.3. The molecule has 26 heavy (non-hydrogen) atoms. The number of nitrogens with zero attached hydrogens (tertiary/aromatic N) is 3. The number of aromatic nitrogens is 3. The van der Waals surface area contributed by atoms with E-state index in [1.54, 1.807) is 20.0 Å². The minimum absolute atomic E-state index is 0.0404. The van der Waals surface area contributed by atoms with Crippen molar-refractivity contribution in [3.63, 3.8) is 0 Å². The average Bonchev–Trinajstić information content (AvgIpc) is 2.96. The lowest BCUT2D eigenvalue weighted by Crippen LogP contribution is -2.17. The third-order valence-electron chi connectivity index (χ3n) is 4.41. The minimum atomic E-state index is -0.737. The molecule has 1 amide bonds. The molecule has 3 rings (SSSR count). The van der Waals surface area contributed by atoms with Crippen LogP contribution in [0, 0.1) is 19.7 Å². The van der Waals surface area contributed by atoms with Gasteiger partial charge in [-0.25, -0.2) is 13.9 Å². The van der Waals surface area contributed by atoms with E-state index in [9.17, 15) is 14.3 Å². The van der Waals surface area contributed by atoms with Gasteiger partial charge in [-0.3, -0.25) is 4.79 Å². The number of halogens is 1. The van der Waals surface area contributed by atoms with Gasteiger partial charge in [0.2, 0.25) is 0 Å². The van der Waals surface area contributed by atoms with E-state index in [4.69, 9.17) is 11.5 Å². The summed E-state index contributed by atoms with van der Waals surface area (Å²) in [5.41, 5.74) is 14.0. The van der Waals surface area contributed by atoms with Crippen molar-refractivity contribution < 1.29 is 14.3 Å². The van der Waals surface area contributed by atoms with Gasteiger partial charge in [0.15, 0.2) is 23.0 Å². The third kappa shape index (κ3) is 2.54. The van der Waals surface area contributed by atoms with Gasteiger partial charge < -0.3 is 16.6 Å². The fourth-order valence-electron chi connectivity index (χ4n) is 3.07. The van der Waals surface area contributed by atoms with E-state index in [1.807, 2.05) is 13.8 Å². The summed E-state index contributed by atoms with van der Waals surface area (Å²) < 4.78 is 15.3. The van der Waals surface area contributed by atoms with Gasteiger partial charge >= 0.3 is 0 Å². The second-order valence-electron chi connectivity index (χ2n) is 6.61. The highest BCUT2D eigenvalue weighted by molar-refractivity contribution is 6.07. The molecule has 0 saturated heterocycles. The van der Waals surface area contributed by atoms with Crippen molar-refractivity contribution in [2.24, 2.45) is 5.73 Å². The number of aromatic hydroxyl groups is 1. The van der Waals surface area contributed by atoms with Crippen LogP contribution in [0.5, 0.6) is 5.75 Å². The van der Waals surface area contributed by atoms with Crippen molar-refractivity contribution >= 4 is 17.2 Å². The number of carbonyl (C=O) groups excluding carboxylic acids is 1. The monoisotopic (exact) mass is 357 g/mol. The number of fused-ring (bicyclic) bond motifs is 1.